The molecule has 3 heterocycles. The van der Waals surface area contributed by atoms with Gasteiger partial charge in [-0.2, -0.15) is 0 Å². The van der Waals surface area contributed by atoms with Crippen LogP contribution in [0.3, 0.4) is 0 Å². The molecule has 0 spiro atoms. The normalized spacial score (nSPS) is 11.5. The molecule has 0 aliphatic carbocycles. The SMILES string of the molecule is c1ccc(-c2nc(-c3ccc(-c4cc5ccccc5s4)cc3)nc(-c3cccc4c3sc3ccccc34)n2)cc1. The maximum absolute atomic E-state index is 5.04. The average Bonchev–Trinajstić information content (AvgIpc) is 3.63. The van der Waals surface area contributed by atoms with Crippen LogP contribution in [0.5, 0.6) is 0 Å². The summed E-state index contributed by atoms with van der Waals surface area (Å²) < 4.78 is 3.76. The fraction of sp³-hybridized carbons (Fsp3) is 0. The Balaban J connectivity index is 1.28. The quantitative estimate of drug-likeness (QED) is 0.220. The summed E-state index contributed by atoms with van der Waals surface area (Å²) in [6.07, 6.45) is 0. The molecule has 0 aliphatic rings. The number of thiophene rings is 2. The van der Waals surface area contributed by atoms with E-state index in [1.807, 2.05) is 41.7 Å². The van der Waals surface area contributed by atoms with E-state index in [2.05, 4.69) is 97.1 Å². The molecule has 5 heteroatoms. The zero-order chi connectivity index (χ0) is 26.5. The van der Waals surface area contributed by atoms with Crippen molar-refractivity contribution in [3.8, 4) is 44.6 Å². The second-order valence-electron chi connectivity index (χ2n) is 9.68. The summed E-state index contributed by atoms with van der Waals surface area (Å²) in [5.41, 5.74) is 4.16. The van der Waals surface area contributed by atoms with Gasteiger partial charge in [0.25, 0.3) is 0 Å². The maximum atomic E-state index is 5.04. The van der Waals surface area contributed by atoms with Crippen LogP contribution >= 0.6 is 22.7 Å². The molecule has 0 bridgehead atoms. The molecule has 5 aromatic carbocycles. The minimum Gasteiger partial charge on any atom is -0.208 e. The lowest BCUT2D eigenvalue weighted by Gasteiger charge is -2.09. The monoisotopic (exact) mass is 547 g/mol. The zero-order valence-electron chi connectivity index (χ0n) is 21.3. The molecule has 0 aliphatic heterocycles. The third-order valence-electron chi connectivity index (χ3n) is 7.17. The van der Waals surface area contributed by atoms with Gasteiger partial charge in [0.1, 0.15) is 0 Å². The fourth-order valence-corrected chi connectivity index (χ4v) is 7.45. The molecule has 3 aromatic heterocycles. The summed E-state index contributed by atoms with van der Waals surface area (Å²) >= 11 is 3.60. The average molecular weight is 548 g/mol. The van der Waals surface area contributed by atoms with Gasteiger partial charge in [0, 0.05) is 46.4 Å². The van der Waals surface area contributed by atoms with Gasteiger partial charge in [-0.15, -0.1) is 22.7 Å². The summed E-state index contributed by atoms with van der Waals surface area (Å²) in [6, 6.07) is 44.4. The van der Waals surface area contributed by atoms with Crippen molar-refractivity contribution in [2.45, 2.75) is 0 Å². The van der Waals surface area contributed by atoms with Gasteiger partial charge in [-0.1, -0.05) is 103 Å². The Hall–Kier alpha value is -4.71. The van der Waals surface area contributed by atoms with Crippen LogP contribution in [-0.2, 0) is 0 Å². The molecule has 0 radical (unpaired) electrons. The molecule has 0 saturated heterocycles. The number of hydrogen-bond donors (Lipinski definition) is 0. The van der Waals surface area contributed by atoms with Gasteiger partial charge < -0.3 is 0 Å². The molecule has 0 atom stereocenters. The van der Waals surface area contributed by atoms with Gasteiger partial charge in [-0.3, -0.25) is 0 Å². The first-order chi connectivity index (χ1) is 19.8. The highest BCUT2D eigenvalue weighted by atomic mass is 32.1. The first-order valence-electron chi connectivity index (χ1n) is 13.1. The van der Waals surface area contributed by atoms with Gasteiger partial charge >= 0.3 is 0 Å². The predicted molar refractivity (Wildman–Crippen MR) is 170 cm³/mol. The Morgan fingerprint density at radius 1 is 0.425 bits per heavy atom. The van der Waals surface area contributed by atoms with Crippen molar-refractivity contribution in [2.75, 3.05) is 0 Å². The molecule has 188 valence electrons. The standard InChI is InChI=1S/C35H21N3S2/c1-2-9-23(10-3-1)33-36-34(24-19-17-22(18-20-24)31-21-25-11-4-6-15-29(25)39-31)38-35(37-33)28-14-8-13-27-26-12-5-7-16-30(26)40-32(27)28/h1-21H. The highest BCUT2D eigenvalue weighted by Gasteiger charge is 2.16. The molecular weight excluding hydrogens is 527 g/mol. The summed E-state index contributed by atoms with van der Waals surface area (Å²) in [5, 5.41) is 3.77. The van der Waals surface area contributed by atoms with Crippen LogP contribution in [-0.4, -0.2) is 15.0 Å². The third-order valence-corrected chi connectivity index (χ3v) is 9.55. The first kappa shape index (κ1) is 23.2. The lowest BCUT2D eigenvalue weighted by molar-refractivity contribution is 1.08. The molecule has 8 rings (SSSR count). The minimum atomic E-state index is 0.671. The second-order valence-corrected chi connectivity index (χ2v) is 11.8. The number of rotatable bonds is 4. The molecule has 0 amide bonds. The van der Waals surface area contributed by atoms with Crippen molar-refractivity contribution in [1.82, 2.24) is 15.0 Å². The largest absolute Gasteiger partial charge is 0.208 e. The van der Waals surface area contributed by atoms with Crippen LogP contribution in [0.25, 0.3) is 74.9 Å². The van der Waals surface area contributed by atoms with E-state index in [1.165, 1.54) is 40.7 Å². The molecular formula is C35H21N3S2. The van der Waals surface area contributed by atoms with Crippen molar-refractivity contribution in [2.24, 2.45) is 0 Å². The van der Waals surface area contributed by atoms with E-state index in [0.29, 0.717) is 17.5 Å². The summed E-state index contributed by atoms with van der Waals surface area (Å²) in [6.45, 7) is 0. The van der Waals surface area contributed by atoms with Gasteiger partial charge in [-0.05, 0) is 35.2 Å². The molecule has 0 unspecified atom stereocenters. The van der Waals surface area contributed by atoms with E-state index in [4.69, 9.17) is 15.0 Å². The van der Waals surface area contributed by atoms with Gasteiger partial charge in [0.2, 0.25) is 0 Å². The molecule has 0 saturated carbocycles. The van der Waals surface area contributed by atoms with E-state index < -0.39 is 0 Å². The van der Waals surface area contributed by atoms with Gasteiger partial charge in [0.05, 0.1) is 0 Å². The van der Waals surface area contributed by atoms with Crippen LogP contribution in [0.4, 0.5) is 0 Å². The lowest BCUT2D eigenvalue weighted by atomic mass is 10.1. The Kier molecular flexibility index (Phi) is 5.50. The maximum Gasteiger partial charge on any atom is 0.165 e. The lowest BCUT2D eigenvalue weighted by Crippen LogP contribution is -2.00. The highest BCUT2D eigenvalue weighted by molar-refractivity contribution is 7.26. The van der Waals surface area contributed by atoms with E-state index in [9.17, 15) is 0 Å². The summed E-state index contributed by atoms with van der Waals surface area (Å²) in [5.74, 6) is 2.03. The molecule has 0 fully saturated rings. The number of aromatic nitrogens is 3. The minimum absolute atomic E-state index is 0.671. The van der Waals surface area contributed by atoms with Crippen LogP contribution in [0.2, 0.25) is 0 Å². The van der Waals surface area contributed by atoms with Crippen molar-refractivity contribution in [3.05, 3.63) is 127 Å². The smallest absolute Gasteiger partial charge is 0.165 e. The van der Waals surface area contributed by atoms with E-state index in [0.717, 1.165) is 16.7 Å². The fourth-order valence-electron chi connectivity index (χ4n) is 5.17. The number of nitrogens with zero attached hydrogens (tertiary/aromatic N) is 3. The van der Waals surface area contributed by atoms with E-state index in [-0.39, 0.29) is 0 Å². The molecule has 8 aromatic rings. The van der Waals surface area contributed by atoms with Crippen LogP contribution in [0, 0.1) is 0 Å². The summed E-state index contributed by atoms with van der Waals surface area (Å²) in [7, 11) is 0. The number of fused-ring (bicyclic) bond motifs is 4. The van der Waals surface area contributed by atoms with Crippen molar-refractivity contribution < 1.29 is 0 Å². The van der Waals surface area contributed by atoms with Gasteiger partial charge in [-0.25, -0.2) is 15.0 Å². The number of hydrogen-bond acceptors (Lipinski definition) is 5. The number of benzene rings is 5. The van der Waals surface area contributed by atoms with Crippen molar-refractivity contribution >= 4 is 52.9 Å². The molecule has 40 heavy (non-hydrogen) atoms. The second kappa shape index (κ2) is 9.49. The Morgan fingerprint density at radius 3 is 1.85 bits per heavy atom. The van der Waals surface area contributed by atoms with E-state index >= 15 is 0 Å². The van der Waals surface area contributed by atoms with Crippen molar-refractivity contribution in [1.29, 1.82) is 0 Å². The topological polar surface area (TPSA) is 38.7 Å². The highest BCUT2D eigenvalue weighted by Crippen LogP contribution is 2.40. The zero-order valence-corrected chi connectivity index (χ0v) is 22.9. The Bertz CT molecular complexity index is 2130. The third kappa shape index (κ3) is 3.99. The predicted octanol–water partition coefficient (Wildman–Crippen LogP) is 10.1. The van der Waals surface area contributed by atoms with Gasteiger partial charge in [0.15, 0.2) is 17.5 Å². The van der Waals surface area contributed by atoms with Crippen LogP contribution in [0.1, 0.15) is 0 Å². The van der Waals surface area contributed by atoms with E-state index in [1.54, 1.807) is 11.3 Å². The first-order valence-corrected chi connectivity index (χ1v) is 14.7. The van der Waals surface area contributed by atoms with Crippen LogP contribution in [0.15, 0.2) is 127 Å². The molecule has 0 N–H and O–H groups in total. The van der Waals surface area contributed by atoms with Crippen LogP contribution < -0.4 is 0 Å². The Morgan fingerprint density at radius 2 is 1.05 bits per heavy atom. The summed E-state index contributed by atoms with van der Waals surface area (Å²) in [4.78, 5) is 16.2. The Labute approximate surface area is 239 Å². The van der Waals surface area contributed by atoms with Crippen molar-refractivity contribution in [3.63, 3.8) is 0 Å². The molecule has 3 nitrogen and oxygen atoms in total.